The Bertz CT molecular complexity index is 1070. The number of hydrazone groups is 1. The first kappa shape index (κ1) is 20.9. The molecule has 0 aromatic heterocycles. The van der Waals surface area contributed by atoms with E-state index in [1.165, 1.54) is 16.4 Å². The molecule has 9 heteroatoms. The lowest BCUT2D eigenvalue weighted by atomic mass is 10.0. The second-order valence-corrected chi connectivity index (χ2v) is 9.11. The van der Waals surface area contributed by atoms with Gasteiger partial charge in [-0.1, -0.05) is 17.7 Å². The number of sulfonamides is 1. The van der Waals surface area contributed by atoms with Crippen LogP contribution in [0.3, 0.4) is 0 Å². The summed E-state index contributed by atoms with van der Waals surface area (Å²) >= 11 is 0. The molecule has 3 rings (SSSR count). The highest BCUT2D eigenvalue weighted by Crippen LogP contribution is 2.30. The smallest absolute Gasteiger partial charge is 0.271 e. The maximum absolute atomic E-state index is 12.7. The number of nitro groups is 1. The number of aryl methyl sites for hydroxylation is 2. The molecule has 0 radical (unpaired) electrons. The second-order valence-electron chi connectivity index (χ2n) is 7.17. The third-order valence-electron chi connectivity index (χ3n) is 5.00. The Morgan fingerprint density at radius 3 is 2.48 bits per heavy atom. The zero-order valence-corrected chi connectivity index (χ0v) is 17.5. The number of rotatable bonds is 6. The van der Waals surface area contributed by atoms with Gasteiger partial charge in [-0.05, 0) is 57.4 Å². The summed E-state index contributed by atoms with van der Waals surface area (Å²) in [6.45, 7) is 6.64. The molecule has 29 heavy (non-hydrogen) atoms. The average molecular weight is 417 g/mol. The Labute approximate surface area is 170 Å². The Kier molecular flexibility index (Phi) is 5.99. The van der Waals surface area contributed by atoms with Crippen molar-refractivity contribution in [1.82, 2.24) is 4.31 Å². The summed E-state index contributed by atoms with van der Waals surface area (Å²) in [6, 6.07) is 9.86. The van der Waals surface area contributed by atoms with E-state index in [1.54, 1.807) is 0 Å². The lowest BCUT2D eigenvalue weighted by Crippen LogP contribution is -2.27. The van der Waals surface area contributed by atoms with Crippen LogP contribution in [0, 0.1) is 24.0 Å². The number of benzene rings is 2. The first-order chi connectivity index (χ1) is 13.7. The number of hydrogen-bond donors (Lipinski definition) is 1. The van der Waals surface area contributed by atoms with E-state index in [-0.39, 0.29) is 16.3 Å². The van der Waals surface area contributed by atoms with Gasteiger partial charge in [-0.2, -0.15) is 9.41 Å². The summed E-state index contributed by atoms with van der Waals surface area (Å²) in [6.07, 6.45) is 1.60. The van der Waals surface area contributed by atoms with E-state index in [9.17, 15) is 18.5 Å². The van der Waals surface area contributed by atoms with Crippen LogP contribution in [0.2, 0.25) is 0 Å². The average Bonchev–Trinajstić information content (AvgIpc) is 3.23. The van der Waals surface area contributed by atoms with Crippen molar-refractivity contribution >= 4 is 27.1 Å². The van der Waals surface area contributed by atoms with Crippen molar-refractivity contribution in [3.05, 3.63) is 63.2 Å². The standard InChI is InChI=1S/C20H24N4O4S/c1-14-6-7-15(2)18(12-14)16(3)21-22-19-9-8-17(13-20(19)24(25)26)29(27,28)23-10-4-5-11-23/h6-9,12-13,22H,4-5,10-11H2,1-3H3/b21-16-. The van der Waals surface area contributed by atoms with Crippen LogP contribution in [0.1, 0.15) is 36.5 Å². The predicted octanol–water partition coefficient (Wildman–Crippen LogP) is 3.83. The van der Waals surface area contributed by atoms with E-state index < -0.39 is 14.9 Å². The highest BCUT2D eigenvalue weighted by atomic mass is 32.2. The normalized spacial score (nSPS) is 15.5. The first-order valence-corrected chi connectivity index (χ1v) is 10.8. The molecule has 0 atom stereocenters. The largest absolute Gasteiger partial charge is 0.295 e. The van der Waals surface area contributed by atoms with Gasteiger partial charge >= 0.3 is 0 Å². The molecule has 0 saturated carbocycles. The molecule has 1 heterocycles. The van der Waals surface area contributed by atoms with E-state index in [1.807, 2.05) is 39.0 Å². The Hall–Kier alpha value is -2.78. The van der Waals surface area contributed by atoms with E-state index in [0.29, 0.717) is 18.8 Å². The molecule has 1 saturated heterocycles. The van der Waals surface area contributed by atoms with Crippen LogP contribution >= 0.6 is 0 Å². The molecular formula is C20H24N4O4S. The van der Waals surface area contributed by atoms with Crippen molar-refractivity contribution in [1.29, 1.82) is 0 Å². The minimum atomic E-state index is -3.73. The van der Waals surface area contributed by atoms with Crippen LogP contribution in [0.4, 0.5) is 11.4 Å². The monoisotopic (exact) mass is 416 g/mol. The van der Waals surface area contributed by atoms with Gasteiger partial charge in [0.2, 0.25) is 10.0 Å². The molecular weight excluding hydrogens is 392 g/mol. The van der Waals surface area contributed by atoms with Gasteiger partial charge < -0.3 is 0 Å². The van der Waals surface area contributed by atoms with Crippen LogP contribution in [0.25, 0.3) is 0 Å². The van der Waals surface area contributed by atoms with Crippen LogP contribution in [0.5, 0.6) is 0 Å². The van der Waals surface area contributed by atoms with Gasteiger partial charge in [0.15, 0.2) is 0 Å². The molecule has 2 aromatic carbocycles. The fourth-order valence-corrected chi connectivity index (χ4v) is 4.86. The molecule has 1 N–H and O–H groups in total. The topological polar surface area (TPSA) is 105 Å². The van der Waals surface area contributed by atoms with Crippen LogP contribution in [-0.4, -0.2) is 36.4 Å². The van der Waals surface area contributed by atoms with E-state index in [4.69, 9.17) is 0 Å². The molecule has 0 aliphatic carbocycles. The Morgan fingerprint density at radius 1 is 1.14 bits per heavy atom. The van der Waals surface area contributed by atoms with Gasteiger partial charge in [0.1, 0.15) is 5.69 Å². The van der Waals surface area contributed by atoms with E-state index >= 15 is 0 Å². The van der Waals surface area contributed by atoms with Crippen molar-refractivity contribution in [2.45, 2.75) is 38.5 Å². The molecule has 2 aromatic rings. The van der Waals surface area contributed by atoms with Crippen molar-refractivity contribution in [3.8, 4) is 0 Å². The molecule has 0 amide bonds. The number of nitrogens with one attached hydrogen (secondary N) is 1. The fourth-order valence-electron chi connectivity index (χ4n) is 3.32. The maximum Gasteiger partial charge on any atom is 0.295 e. The highest BCUT2D eigenvalue weighted by molar-refractivity contribution is 7.89. The van der Waals surface area contributed by atoms with Crippen LogP contribution in [-0.2, 0) is 10.0 Å². The van der Waals surface area contributed by atoms with Gasteiger partial charge in [-0.15, -0.1) is 0 Å². The van der Waals surface area contributed by atoms with Crippen molar-refractivity contribution < 1.29 is 13.3 Å². The number of hydrogen-bond acceptors (Lipinski definition) is 6. The molecule has 8 nitrogen and oxygen atoms in total. The van der Waals surface area contributed by atoms with Gasteiger partial charge in [0.05, 0.1) is 15.5 Å². The molecule has 0 bridgehead atoms. The SMILES string of the molecule is C/C(=N/Nc1ccc(S(=O)(=O)N2CCCC2)cc1[N+](=O)[O-])c1cc(C)ccc1C. The molecule has 0 unspecified atom stereocenters. The third kappa shape index (κ3) is 4.46. The van der Waals surface area contributed by atoms with E-state index in [0.717, 1.165) is 35.6 Å². The summed E-state index contributed by atoms with van der Waals surface area (Å²) in [5.41, 5.74) is 6.27. The minimum absolute atomic E-state index is 0.0770. The highest BCUT2D eigenvalue weighted by Gasteiger charge is 2.29. The Morgan fingerprint density at radius 2 is 1.83 bits per heavy atom. The number of nitro benzene ring substituents is 1. The van der Waals surface area contributed by atoms with Crippen LogP contribution in [0.15, 0.2) is 46.4 Å². The zero-order valence-electron chi connectivity index (χ0n) is 16.7. The van der Waals surface area contributed by atoms with Crippen molar-refractivity contribution in [2.75, 3.05) is 18.5 Å². The lowest BCUT2D eigenvalue weighted by molar-refractivity contribution is -0.384. The second kappa shape index (κ2) is 8.30. The van der Waals surface area contributed by atoms with Crippen LogP contribution < -0.4 is 5.43 Å². The minimum Gasteiger partial charge on any atom is -0.271 e. The molecule has 154 valence electrons. The maximum atomic E-state index is 12.7. The predicted molar refractivity (Wildman–Crippen MR) is 113 cm³/mol. The summed E-state index contributed by atoms with van der Waals surface area (Å²) < 4.78 is 26.8. The molecule has 1 aliphatic heterocycles. The third-order valence-corrected chi connectivity index (χ3v) is 6.89. The van der Waals surface area contributed by atoms with Gasteiger partial charge in [0.25, 0.3) is 5.69 Å². The zero-order chi connectivity index (χ0) is 21.2. The fraction of sp³-hybridized carbons (Fsp3) is 0.350. The molecule has 1 aliphatic rings. The summed E-state index contributed by atoms with van der Waals surface area (Å²) in [5.74, 6) is 0. The molecule has 0 spiro atoms. The van der Waals surface area contributed by atoms with Crippen molar-refractivity contribution in [3.63, 3.8) is 0 Å². The van der Waals surface area contributed by atoms with Crippen molar-refractivity contribution in [2.24, 2.45) is 5.10 Å². The number of nitrogens with zero attached hydrogens (tertiary/aromatic N) is 3. The summed E-state index contributed by atoms with van der Waals surface area (Å²) in [4.78, 5) is 10.9. The van der Waals surface area contributed by atoms with Gasteiger partial charge in [-0.25, -0.2) is 8.42 Å². The summed E-state index contributed by atoms with van der Waals surface area (Å²) in [5, 5.41) is 15.8. The van der Waals surface area contributed by atoms with Gasteiger partial charge in [0, 0.05) is 24.7 Å². The first-order valence-electron chi connectivity index (χ1n) is 9.36. The number of anilines is 1. The quantitative estimate of drug-likeness (QED) is 0.438. The molecule has 1 fully saturated rings. The lowest BCUT2D eigenvalue weighted by Gasteiger charge is -2.15. The van der Waals surface area contributed by atoms with Gasteiger partial charge in [-0.3, -0.25) is 15.5 Å². The summed E-state index contributed by atoms with van der Waals surface area (Å²) in [7, 11) is -3.73. The van der Waals surface area contributed by atoms with E-state index in [2.05, 4.69) is 10.5 Å². The Balaban J connectivity index is 1.92.